The van der Waals surface area contributed by atoms with Gasteiger partial charge in [0.25, 0.3) is 0 Å². The molecule has 8 heteroatoms. The number of carbonyl (C=O) groups is 1. The summed E-state index contributed by atoms with van der Waals surface area (Å²) >= 11 is 1.55. The van der Waals surface area contributed by atoms with E-state index in [1.165, 1.54) is 5.56 Å². The number of nitrogens with zero attached hydrogens (tertiary/aromatic N) is 3. The largest absolute Gasteiger partial charge is 0.489 e. The number of carbonyl (C=O) groups excluding carboxylic acids is 1. The number of para-hydroxylation sites is 1. The first-order valence-electron chi connectivity index (χ1n) is 13.8. The number of aromatic nitrogens is 3. The minimum Gasteiger partial charge on any atom is -0.489 e. The van der Waals surface area contributed by atoms with Crippen LogP contribution in [0, 0.1) is 0 Å². The predicted molar refractivity (Wildman–Crippen MR) is 163 cm³/mol. The van der Waals surface area contributed by atoms with Gasteiger partial charge >= 0.3 is 5.97 Å². The lowest BCUT2D eigenvalue weighted by Crippen LogP contribution is -2.30. The summed E-state index contributed by atoms with van der Waals surface area (Å²) in [5, 5.41) is 8.70. The summed E-state index contributed by atoms with van der Waals surface area (Å²) in [6.07, 6.45) is 0. The number of anilines is 1. The predicted octanol–water partition coefficient (Wildman–Crippen LogP) is 7.30. The van der Waals surface area contributed by atoms with Crippen molar-refractivity contribution in [1.82, 2.24) is 14.8 Å². The van der Waals surface area contributed by atoms with Crippen molar-refractivity contribution in [2.24, 2.45) is 0 Å². The lowest BCUT2D eigenvalue weighted by atomic mass is 9.87. The smallest absolute Gasteiger partial charge is 0.338 e. The molecule has 0 saturated carbocycles. The third-order valence-electron chi connectivity index (χ3n) is 6.97. The Hall–Kier alpha value is -4.04. The molecule has 4 aromatic rings. The van der Waals surface area contributed by atoms with Crippen LogP contribution in [0.3, 0.4) is 0 Å². The summed E-state index contributed by atoms with van der Waals surface area (Å²) in [7, 11) is 0. The molecule has 1 N–H and O–H groups in total. The number of nitrogens with one attached hydrogen (secondary N) is 1. The van der Waals surface area contributed by atoms with Crippen molar-refractivity contribution in [2.45, 2.75) is 64.4 Å². The van der Waals surface area contributed by atoms with Gasteiger partial charge in [-0.3, -0.25) is 0 Å². The molecule has 1 unspecified atom stereocenters. The van der Waals surface area contributed by atoms with Gasteiger partial charge in [-0.1, -0.05) is 112 Å². The summed E-state index contributed by atoms with van der Waals surface area (Å²) in [5.41, 5.74) is 5.30. The van der Waals surface area contributed by atoms with E-state index < -0.39 is 12.0 Å². The van der Waals surface area contributed by atoms with E-state index >= 15 is 0 Å². The molecule has 0 spiro atoms. The number of rotatable bonds is 9. The quantitative estimate of drug-likeness (QED) is 0.168. The molecule has 1 aliphatic rings. The Bertz CT molecular complexity index is 1540. The van der Waals surface area contributed by atoms with Gasteiger partial charge in [0.2, 0.25) is 11.1 Å². The lowest BCUT2D eigenvalue weighted by molar-refractivity contribution is -0.140. The van der Waals surface area contributed by atoms with E-state index in [-0.39, 0.29) is 12.0 Å². The molecule has 1 aromatic heterocycles. The van der Waals surface area contributed by atoms with Crippen LogP contribution in [0.15, 0.2) is 95.3 Å². The van der Waals surface area contributed by atoms with Gasteiger partial charge in [-0.25, -0.2) is 9.48 Å². The van der Waals surface area contributed by atoms with Crippen molar-refractivity contribution >= 4 is 23.7 Å². The van der Waals surface area contributed by atoms with E-state index in [9.17, 15) is 4.79 Å². The Morgan fingerprint density at radius 3 is 2.34 bits per heavy atom. The van der Waals surface area contributed by atoms with E-state index in [1.807, 2.05) is 61.5 Å². The third-order valence-corrected chi connectivity index (χ3v) is 7.69. The fourth-order valence-electron chi connectivity index (χ4n) is 4.77. The molecule has 0 aliphatic carbocycles. The average molecular weight is 569 g/mol. The first kappa shape index (κ1) is 28.5. The highest BCUT2D eigenvalue weighted by Gasteiger charge is 2.37. The molecule has 0 radical (unpaired) electrons. The molecule has 0 fully saturated rings. The molecule has 5 rings (SSSR count). The summed E-state index contributed by atoms with van der Waals surface area (Å²) in [5.74, 6) is 1.67. The molecule has 2 heterocycles. The molecule has 1 aliphatic heterocycles. The van der Waals surface area contributed by atoms with Crippen LogP contribution in [-0.2, 0) is 28.2 Å². The van der Waals surface area contributed by atoms with Crippen LogP contribution in [0.1, 0.15) is 62.9 Å². The highest BCUT2D eigenvalue weighted by atomic mass is 32.2. The molecular weight excluding hydrogens is 532 g/mol. The van der Waals surface area contributed by atoms with Crippen LogP contribution in [0.2, 0.25) is 0 Å². The third kappa shape index (κ3) is 6.49. The molecule has 212 valence electrons. The number of allylic oxidation sites excluding steroid dienone is 1. The maximum Gasteiger partial charge on any atom is 0.338 e. The highest BCUT2D eigenvalue weighted by molar-refractivity contribution is 7.99. The maximum absolute atomic E-state index is 13.7. The number of fused-ring (bicyclic) bond motifs is 1. The Labute approximate surface area is 246 Å². The highest BCUT2D eigenvalue weighted by Crippen LogP contribution is 2.40. The summed E-state index contributed by atoms with van der Waals surface area (Å²) in [6, 6.07) is 25.4. The number of benzene rings is 3. The van der Waals surface area contributed by atoms with Crippen LogP contribution in [0.4, 0.5) is 5.95 Å². The summed E-state index contributed by atoms with van der Waals surface area (Å²) in [4.78, 5) is 18.4. The molecule has 7 nitrogen and oxygen atoms in total. The van der Waals surface area contributed by atoms with E-state index in [0.717, 1.165) is 22.4 Å². The average Bonchev–Trinajstić information content (AvgIpc) is 3.36. The van der Waals surface area contributed by atoms with E-state index in [1.54, 1.807) is 16.4 Å². The second-order valence-corrected chi connectivity index (χ2v) is 12.2. The first-order chi connectivity index (χ1) is 19.7. The van der Waals surface area contributed by atoms with Gasteiger partial charge in [-0.05, 0) is 40.8 Å². The van der Waals surface area contributed by atoms with Crippen molar-refractivity contribution in [3.05, 3.63) is 112 Å². The second kappa shape index (κ2) is 12.2. The van der Waals surface area contributed by atoms with Crippen LogP contribution in [0.25, 0.3) is 0 Å². The minimum absolute atomic E-state index is 0.0845. The normalized spacial score (nSPS) is 14.8. The SMILES string of the molecule is CCSc1nc2n(n1)C(c1ccccc1OCc1ccc(C(C)(C)C)cc1)C(C(=O)OCc1ccccc1)=C(C)N2. The van der Waals surface area contributed by atoms with Crippen LogP contribution >= 0.6 is 11.8 Å². The van der Waals surface area contributed by atoms with Crippen LogP contribution in [-0.4, -0.2) is 26.5 Å². The standard InChI is InChI=1S/C33H36N4O3S/c1-6-41-32-35-31-34-22(2)28(30(38)40-21-23-12-8-7-9-13-23)29(37(31)36-32)26-14-10-11-15-27(26)39-20-24-16-18-25(19-17-24)33(3,4)5/h7-19,29H,6,20-21H2,1-5H3,(H,34,35,36). The first-order valence-corrected chi connectivity index (χ1v) is 14.8. The number of esters is 1. The lowest BCUT2D eigenvalue weighted by Gasteiger charge is -2.29. The van der Waals surface area contributed by atoms with Crippen LogP contribution in [0.5, 0.6) is 5.75 Å². The Balaban J connectivity index is 1.47. The van der Waals surface area contributed by atoms with E-state index in [0.29, 0.717) is 34.7 Å². The molecule has 0 saturated heterocycles. The molecule has 0 bridgehead atoms. The van der Waals surface area contributed by atoms with Crippen molar-refractivity contribution in [2.75, 3.05) is 11.1 Å². The summed E-state index contributed by atoms with van der Waals surface area (Å²) in [6.45, 7) is 11.1. The molecule has 1 atom stereocenters. The zero-order valence-electron chi connectivity index (χ0n) is 24.2. The zero-order valence-corrected chi connectivity index (χ0v) is 25.0. The van der Waals surface area contributed by atoms with Gasteiger partial charge < -0.3 is 14.8 Å². The zero-order chi connectivity index (χ0) is 29.0. The number of hydrogen-bond acceptors (Lipinski definition) is 7. The number of ether oxygens (including phenoxy) is 2. The Morgan fingerprint density at radius 2 is 1.63 bits per heavy atom. The van der Waals surface area contributed by atoms with E-state index in [4.69, 9.17) is 14.6 Å². The van der Waals surface area contributed by atoms with Crippen LogP contribution < -0.4 is 10.1 Å². The van der Waals surface area contributed by atoms with Gasteiger partial charge in [0.1, 0.15) is 25.0 Å². The van der Waals surface area contributed by atoms with Crippen molar-refractivity contribution in [1.29, 1.82) is 0 Å². The molecular formula is C33H36N4O3S. The Morgan fingerprint density at radius 1 is 0.951 bits per heavy atom. The summed E-state index contributed by atoms with van der Waals surface area (Å²) < 4.78 is 14.0. The molecule has 3 aromatic carbocycles. The molecule has 41 heavy (non-hydrogen) atoms. The number of hydrogen-bond donors (Lipinski definition) is 1. The van der Waals surface area contributed by atoms with Gasteiger partial charge in [0.05, 0.1) is 5.57 Å². The fourth-order valence-corrected chi connectivity index (χ4v) is 5.33. The topological polar surface area (TPSA) is 78.3 Å². The van der Waals surface area contributed by atoms with Gasteiger partial charge in [-0.2, -0.15) is 4.98 Å². The van der Waals surface area contributed by atoms with Crippen molar-refractivity contribution in [3.8, 4) is 5.75 Å². The van der Waals surface area contributed by atoms with E-state index in [2.05, 4.69) is 62.3 Å². The molecule has 0 amide bonds. The van der Waals surface area contributed by atoms with Crippen molar-refractivity contribution < 1.29 is 14.3 Å². The maximum atomic E-state index is 13.7. The van der Waals surface area contributed by atoms with Crippen molar-refractivity contribution in [3.63, 3.8) is 0 Å². The van der Waals surface area contributed by atoms with Gasteiger partial charge in [-0.15, -0.1) is 5.10 Å². The number of thioether (sulfide) groups is 1. The second-order valence-electron chi connectivity index (χ2n) is 11.0. The monoisotopic (exact) mass is 568 g/mol. The van der Waals surface area contributed by atoms with Gasteiger partial charge in [0.15, 0.2) is 0 Å². The van der Waals surface area contributed by atoms with Gasteiger partial charge in [0, 0.05) is 11.3 Å². The Kier molecular flexibility index (Phi) is 8.49. The fraction of sp³-hybridized carbons (Fsp3) is 0.303. The minimum atomic E-state index is -0.576.